The van der Waals surface area contributed by atoms with Gasteiger partial charge in [0.15, 0.2) is 0 Å². The molecule has 2 rings (SSSR count). The van der Waals surface area contributed by atoms with Crippen LogP contribution in [0.25, 0.3) is 0 Å². The van der Waals surface area contributed by atoms with E-state index in [1.807, 2.05) is 24.3 Å². The molecule has 0 unspecified atom stereocenters. The molecule has 0 fully saturated rings. The van der Waals surface area contributed by atoms with Crippen LogP contribution in [0, 0.1) is 0 Å². The maximum Gasteiger partial charge on any atom is 0.149 e. The second kappa shape index (κ2) is 6.02. The van der Waals surface area contributed by atoms with E-state index in [0.717, 1.165) is 10.6 Å². The van der Waals surface area contributed by atoms with Crippen LogP contribution in [-0.4, -0.2) is 12.1 Å². The van der Waals surface area contributed by atoms with Gasteiger partial charge in [0, 0.05) is 4.90 Å². The predicted octanol–water partition coefficient (Wildman–Crippen LogP) is 5.20. The molecule has 1 aromatic heterocycles. The van der Waals surface area contributed by atoms with E-state index in [1.165, 1.54) is 11.8 Å². The van der Waals surface area contributed by atoms with Crippen molar-refractivity contribution in [3.8, 4) is 5.75 Å². The van der Waals surface area contributed by atoms with Crippen molar-refractivity contribution in [1.82, 2.24) is 4.98 Å². The number of nitrogens with zero attached hydrogens (tertiary/aromatic N) is 1. The van der Waals surface area contributed by atoms with Gasteiger partial charge in [-0.2, -0.15) is 0 Å². The van der Waals surface area contributed by atoms with Crippen molar-refractivity contribution in [1.29, 1.82) is 0 Å². The summed E-state index contributed by atoms with van der Waals surface area (Å²) in [7, 11) is 1.62. The van der Waals surface area contributed by atoms with Gasteiger partial charge < -0.3 is 4.74 Å². The highest BCUT2D eigenvalue weighted by molar-refractivity contribution is 7.99. The zero-order valence-electron chi connectivity index (χ0n) is 9.28. The standard InChI is InChI=1S/C12H8Cl3NOS/c1-17-7-2-4-8(5-3-7)18-12-10(14)6-9(13)11(15)16-12/h2-6H,1H3. The van der Waals surface area contributed by atoms with Crippen LogP contribution in [0.15, 0.2) is 40.3 Å². The lowest BCUT2D eigenvalue weighted by Gasteiger charge is -2.06. The molecule has 0 saturated carbocycles. The highest BCUT2D eigenvalue weighted by Gasteiger charge is 2.09. The van der Waals surface area contributed by atoms with Crippen LogP contribution in [0.5, 0.6) is 5.75 Å². The quantitative estimate of drug-likeness (QED) is 0.726. The van der Waals surface area contributed by atoms with E-state index >= 15 is 0 Å². The molecular formula is C12H8Cl3NOS. The molecule has 0 aliphatic carbocycles. The van der Waals surface area contributed by atoms with Gasteiger partial charge in [0.25, 0.3) is 0 Å². The number of halogens is 3. The normalized spacial score (nSPS) is 10.4. The first-order chi connectivity index (χ1) is 8.60. The van der Waals surface area contributed by atoms with Crippen LogP contribution >= 0.6 is 46.6 Å². The second-order valence-electron chi connectivity index (χ2n) is 3.33. The van der Waals surface area contributed by atoms with Gasteiger partial charge in [0.05, 0.1) is 17.2 Å². The highest BCUT2D eigenvalue weighted by Crippen LogP contribution is 2.35. The fourth-order valence-electron chi connectivity index (χ4n) is 1.26. The molecule has 0 bridgehead atoms. The lowest BCUT2D eigenvalue weighted by Crippen LogP contribution is -1.85. The molecule has 1 heterocycles. The Labute approximate surface area is 124 Å². The van der Waals surface area contributed by atoms with E-state index in [1.54, 1.807) is 13.2 Å². The van der Waals surface area contributed by atoms with Crippen LogP contribution in [0.1, 0.15) is 0 Å². The number of hydrogen-bond donors (Lipinski definition) is 0. The summed E-state index contributed by atoms with van der Waals surface area (Å²) >= 11 is 19.2. The molecule has 0 aliphatic rings. The molecule has 0 aliphatic heterocycles. The molecule has 2 nitrogen and oxygen atoms in total. The predicted molar refractivity (Wildman–Crippen MR) is 76.4 cm³/mol. The van der Waals surface area contributed by atoms with Gasteiger partial charge in [0.2, 0.25) is 0 Å². The van der Waals surface area contributed by atoms with Gasteiger partial charge in [0.1, 0.15) is 15.9 Å². The lowest BCUT2D eigenvalue weighted by molar-refractivity contribution is 0.414. The van der Waals surface area contributed by atoms with Crippen LogP contribution in [0.4, 0.5) is 0 Å². The van der Waals surface area contributed by atoms with Crippen molar-refractivity contribution in [2.24, 2.45) is 0 Å². The van der Waals surface area contributed by atoms with E-state index in [-0.39, 0.29) is 5.15 Å². The Hall–Kier alpha value is -0.610. The van der Waals surface area contributed by atoms with Crippen molar-refractivity contribution >= 4 is 46.6 Å². The molecule has 0 radical (unpaired) electrons. The molecule has 6 heteroatoms. The maximum absolute atomic E-state index is 6.06. The minimum absolute atomic E-state index is 0.247. The molecule has 0 N–H and O–H groups in total. The van der Waals surface area contributed by atoms with Crippen LogP contribution < -0.4 is 4.74 Å². The van der Waals surface area contributed by atoms with Gasteiger partial charge in [-0.3, -0.25) is 0 Å². The average Bonchev–Trinajstić information content (AvgIpc) is 2.37. The molecule has 1 aromatic carbocycles. The zero-order chi connectivity index (χ0) is 13.1. The average molecular weight is 321 g/mol. The number of methoxy groups -OCH3 is 1. The van der Waals surface area contributed by atoms with Gasteiger partial charge in [-0.25, -0.2) is 4.98 Å². The zero-order valence-corrected chi connectivity index (χ0v) is 12.4. The van der Waals surface area contributed by atoms with Crippen molar-refractivity contribution in [3.05, 3.63) is 45.5 Å². The topological polar surface area (TPSA) is 22.1 Å². The largest absolute Gasteiger partial charge is 0.497 e. The number of benzene rings is 1. The van der Waals surface area contributed by atoms with Crippen molar-refractivity contribution in [3.63, 3.8) is 0 Å². The lowest BCUT2D eigenvalue weighted by atomic mass is 10.3. The second-order valence-corrected chi connectivity index (χ2v) is 5.56. The molecular weight excluding hydrogens is 313 g/mol. The molecule has 0 spiro atoms. The Kier molecular flexibility index (Phi) is 4.62. The number of rotatable bonds is 3. The van der Waals surface area contributed by atoms with Crippen LogP contribution in [-0.2, 0) is 0 Å². The molecule has 18 heavy (non-hydrogen) atoms. The summed E-state index contributed by atoms with van der Waals surface area (Å²) in [5, 5.41) is 1.69. The Morgan fingerprint density at radius 1 is 1.06 bits per heavy atom. The number of hydrogen-bond acceptors (Lipinski definition) is 3. The Morgan fingerprint density at radius 2 is 1.72 bits per heavy atom. The minimum Gasteiger partial charge on any atom is -0.497 e. The monoisotopic (exact) mass is 319 g/mol. The first-order valence-corrected chi connectivity index (χ1v) is 6.88. The van der Waals surface area contributed by atoms with Gasteiger partial charge in [-0.1, -0.05) is 46.6 Å². The molecule has 94 valence electrons. The van der Waals surface area contributed by atoms with Crippen LogP contribution in [0.3, 0.4) is 0 Å². The molecule has 0 saturated heterocycles. The van der Waals surface area contributed by atoms with Crippen molar-refractivity contribution < 1.29 is 4.74 Å². The fourth-order valence-corrected chi connectivity index (χ4v) is 2.71. The Morgan fingerprint density at radius 3 is 2.33 bits per heavy atom. The van der Waals surface area contributed by atoms with Gasteiger partial charge >= 0.3 is 0 Å². The third-order valence-electron chi connectivity index (χ3n) is 2.13. The third-order valence-corrected chi connectivity index (χ3v) is 4.21. The molecule has 0 amide bonds. The maximum atomic E-state index is 6.06. The summed E-state index contributed by atoms with van der Waals surface area (Å²) < 4.78 is 5.09. The molecule has 0 atom stereocenters. The van der Waals surface area contributed by atoms with E-state index in [4.69, 9.17) is 39.5 Å². The van der Waals surface area contributed by atoms with Crippen LogP contribution in [0.2, 0.25) is 15.2 Å². The SMILES string of the molecule is COc1ccc(Sc2nc(Cl)c(Cl)cc2Cl)cc1. The summed E-state index contributed by atoms with van der Waals surface area (Å²) in [4.78, 5) is 5.13. The van der Waals surface area contributed by atoms with E-state index < -0.39 is 0 Å². The van der Waals surface area contributed by atoms with E-state index in [2.05, 4.69) is 4.98 Å². The smallest absolute Gasteiger partial charge is 0.149 e. The van der Waals surface area contributed by atoms with Gasteiger partial charge in [-0.15, -0.1) is 0 Å². The highest BCUT2D eigenvalue weighted by atomic mass is 35.5. The number of pyridine rings is 1. The summed E-state index contributed by atoms with van der Waals surface area (Å²) in [5.41, 5.74) is 0. The van der Waals surface area contributed by atoms with E-state index in [9.17, 15) is 0 Å². The summed E-state index contributed by atoms with van der Waals surface area (Å²) in [6, 6.07) is 9.17. The number of aromatic nitrogens is 1. The summed E-state index contributed by atoms with van der Waals surface area (Å²) in [6.45, 7) is 0. The summed E-state index contributed by atoms with van der Waals surface area (Å²) in [6.07, 6.45) is 0. The van der Waals surface area contributed by atoms with E-state index in [0.29, 0.717) is 15.1 Å². The summed E-state index contributed by atoms with van der Waals surface area (Å²) in [5.74, 6) is 0.799. The minimum atomic E-state index is 0.247. The first-order valence-electron chi connectivity index (χ1n) is 4.93. The van der Waals surface area contributed by atoms with Crippen molar-refractivity contribution in [2.45, 2.75) is 9.92 Å². The Balaban J connectivity index is 2.25. The fraction of sp³-hybridized carbons (Fsp3) is 0.0833. The van der Waals surface area contributed by atoms with Crippen molar-refractivity contribution in [2.75, 3.05) is 7.11 Å². The van der Waals surface area contributed by atoms with Gasteiger partial charge in [-0.05, 0) is 30.3 Å². The molecule has 2 aromatic rings. The third kappa shape index (κ3) is 3.23. The Bertz CT molecular complexity index is 560. The first kappa shape index (κ1) is 13.8. The number of ether oxygens (including phenoxy) is 1.